The molecule has 1 aromatic carbocycles. The van der Waals surface area contributed by atoms with E-state index in [0.717, 1.165) is 11.5 Å². The van der Waals surface area contributed by atoms with Crippen molar-refractivity contribution in [1.82, 2.24) is 24.6 Å². The van der Waals surface area contributed by atoms with Gasteiger partial charge in [0.15, 0.2) is 35.0 Å². The summed E-state index contributed by atoms with van der Waals surface area (Å²) in [7, 11) is -2.83. The summed E-state index contributed by atoms with van der Waals surface area (Å²) in [6.45, 7) is 6.68. The lowest BCUT2D eigenvalue weighted by molar-refractivity contribution is -0.202. The fraction of sp³-hybridized carbons (Fsp3) is 0.538. The first-order valence-corrected chi connectivity index (χ1v) is 15.1. The van der Waals surface area contributed by atoms with Crippen LogP contribution in [-0.4, -0.2) is 80.6 Å². The number of carbonyl (C=O) groups is 1. The number of esters is 1. The Balaban J connectivity index is 1.63. The van der Waals surface area contributed by atoms with Gasteiger partial charge < -0.3 is 29.7 Å². The number of nitrogens with one attached hydrogen (secondary N) is 1. The second-order valence-corrected chi connectivity index (χ2v) is 12.3. The van der Waals surface area contributed by atoms with Crippen LogP contribution in [0.25, 0.3) is 11.2 Å². The molecule has 43 heavy (non-hydrogen) atoms. The van der Waals surface area contributed by atoms with E-state index in [0.29, 0.717) is 12.4 Å². The van der Waals surface area contributed by atoms with Gasteiger partial charge in [0.25, 0.3) is 5.85 Å². The van der Waals surface area contributed by atoms with E-state index in [1.54, 1.807) is 44.0 Å². The van der Waals surface area contributed by atoms with Gasteiger partial charge in [-0.2, -0.15) is 15.1 Å². The Morgan fingerprint density at radius 3 is 2.58 bits per heavy atom. The number of ether oxygens (including phenoxy) is 2. The fourth-order valence-corrected chi connectivity index (χ4v) is 5.88. The molecule has 1 aliphatic heterocycles. The summed E-state index contributed by atoms with van der Waals surface area (Å²) in [6, 6.07) is 6.54. The Hall–Kier alpha value is -3.43. The second-order valence-electron chi connectivity index (χ2n) is 10.6. The number of para-hydroxylation sites is 1. The molecule has 0 saturated carbocycles. The maximum atomic E-state index is 16.3. The molecule has 0 aliphatic carbocycles. The van der Waals surface area contributed by atoms with E-state index in [4.69, 9.17) is 24.3 Å². The van der Waals surface area contributed by atoms with Crippen molar-refractivity contribution >= 4 is 36.6 Å². The minimum atomic E-state index is -4.57. The average molecular weight is 628 g/mol. The first-order valence-electron chi connectivity index (χ1n) is 13.5. The lowest BCUT2D eigenvalue weighted by Gasteiger charge is -2.28. The molecule has 6 atom stereocenters. The van der Waals surface area contributed by atoms with Crippen LogP contribution in [0.3, 0.4) is 0 Å². The Labute approximate surface area is 247 Å². The van der Waals surface area contributed by atoms with Crippen LogP contribution >= 0.6 is 7.75 Å². The van der Waals surface area contributed by atoms with Crippen LogP contribution in [0, 0.1) is 0 Å². The van der Waals surface area contributed by atoms with Crippen molar-refractivity contribution < 1.29 is 41.8 Å². The highest BCUT2D eigenvalue weighted by atomic mass is 31.2. The number of alkyl halides is 2. The molecule has 236 valence electrons. The quantitative estimate of drug-likeness (QED) is 0.197. The molecule has 3 aromatic rings. The molecule has 1 fully saturated rings. The number of aliphatic hydroxyl groups is 1. The van der Waals surface area contributed by atoms with Gasteiger partial charge in [-0.3, -0.25) is 13.9 Å². The molecule has 4 N–H and O–H groups in total. The van der Waals surface area contributed by atoms with Crippen molar-refractivity contribution in [1.29, 1.82) is 0 Å². The number of anilines is 2. The fourth-order valence-electron chi connectivity index (χ4n) is 4.38. The lowest BCUT2D eigenvalue weighted by atomic mass is 9.97. The van der Waals surface area contributed by atoms with Gasteiger partial charge in [-0.25, -0.2) is 18.3 Å². The van der Waals surface area contributed by atoms with Gasteiger partial charge in [-0.05, 0) is 46.8 Å². The summed E-state index contributed by atoms with van der Waals surface area (Å²) in [5.74, 6) is -3.75. The van der Waals surface area contributed by atoms with Gasteiger partial charge >= 0.3 is 13.7 Å². The highest BCUT2D eigenvalue weighted by molar-refractivity contribution is 7.52. The Bertz CT molecular complexity index is 1500. The van der Waals surface area contributed by atoms with Crippen molar-refractivity contribution in [2.75, 3.05) is 30.8 Å². The zero-order valence-electron chi connectivity index (χ0n) is 24.6. The highest BCUT2D eigenvalue weighted by Crippen LogP contribution is 2.52. The van der Waals surface area contributed by atoms with E-state index in [1.165, 1.54) is 25.4 Å². The van der Waals surface area contributed by atoms with Gasteiger partial charge in [0.1, 0.15) is 18.4 Å². The van der Waals surface area contributed by atoms with Crippen LogP contribution in [0.5, 0.6) is 5.75 Å². The number of nitrogen functional groups attached to an aromatic ring is 1. The number of benzene rings is 1. The topological polar surface area (TPSA) is 176 Å². The van der Waals surface area contributed by atoms with Gasteiger partial charge in [-0.15, -0.1) is 0 Å². The van der Waals surface area contributed by atoms with Crippen LogP contribution < -0.4 is 20.2 Å². The van der Waals surface area contributed by atoms with E-state index in [2.05, 4.69) is 20.0 Å². The summed E-state index contributed by atoms with van der Waals surface area (Å²) in [6.07, 6.45) is -3.55. The summed E-state index contributed by atoms with van der Waals surface area (Å²) < 4.78 is 68.7. The molecule has 4 rings (SSSR count). The van der Waals surface area contributed by atoms with Crippen LogP contribution in [0.15, 0.2) is 36.7 Å². The standard InChI is InChI=1S/C26H36F2N7O7P/c1-7-34(6)19-18-20(32-24(29)31-19)35(14-30-18)23-25(5,27)22(37)26(28,41-23)13-39-43(38,42-17-11-9-8-10-12-17)33-16(4)21(36)40-15(2)3/h8-12,14-16,22-23,37H,7,13H2,1-6H3,(H,33,38)(H2,29,31,32)/t16-,22-,23+,25+,26+,43?/m0/s1. The van der Waals surface area contributed by atoms with Gasteiger partial charge in [-0.1, -0.05) is 18.2 Å². The molecule has 2 aromatic heterocycles. The van der Waals surface area contributed by atoms with E-state index >= 15 is 8.78 Å². The third-order valence-electron chi connectivity index (χ3n) is 6.70. The summed E-state index contributed by atoms with van der Waals surface area (Å²) in [5, 5.41) is 13.2. The zero-order valence-corrected chi connectivity index (χ0v) is 25.5. The second kappa shape index (κ2) is 12.3. The van der Waals surface area contributed by atoms with Crippen LogP contribution in [0.2, 0.25) is 0 Å². The van der Waals surface area contributed by atoms with Crippen molar-refractivity contribution in [3.05, 3.63) is 36.7 Å². The van der Waals surface area contributed by atoms with Crippen LogP contribution in [-0.2, 0) is 23.4 Å². The smallest absolute Gasteiger partial charge is 0.459 e. The van der Waals surface area contributed by atoms with E-state index in [-0.39, 0.29) is 22.9 Å². The van der Waals surface area contributed by atoms with Crippen LogP contribution in [0.1, 0.15) is 40.8 Å². The number of nitrogens with zero attached hydrogens (tertiary/aromatic N) is 5. The summed E-state index contributed by atoms with van der Waals surface area (Å²) in [4.78, 5) is 26.7. The predicted molar refractivity (Wildman–Crippen MR) is 153 cm³/mol. The Morgan fingerprint density at radius 2 is 1.95 bits per heavy atom. The van der Waals surface area contributed by atoms with E-state index in [9.17, 15) is 14.5 Å². The monoisotopic (exact) mass is 627 g/mol. The molecular weight excluding hydrogens is 591 g/mol. The minimum absolute atomic E-state index is 0.0336. The number of hydrogen-bond donors (Lipinski definition) is 3. The third-order valence-corrected chi connectivity index (χ3v) is 8.32. The molecule has 17 heteroatoms. The molecule has 1 unspecified atom stereocenters. The molecule has 14 nitrogen and oxygen atoms in total. The molecule has 0 radical (unpaired) electrons. The van der Waals surface area contributed by atoms with Crippen molar-refractivity contribution in [2.24, 2.45) is 0 Å². The van der Waals surface area contributed by atoms with Crippen molar-refractivity contribution in [3.63, 3.8) is 0 Å². The largest absolute Gasteiger partial charge is 0.462 e. The summed E-state index contributed by atoms with van der Waals surface area (Å²) >= 11 is 0. The molecular formula is C26H36F2N7O7P. The Kier molecular flexibility index (Phi) is 9.28. The number of hydrogen-bond acceptors (Lipinski definition) is 12. The normalized spacial score (nSPS) is 25.9. The number of nitrogens with two attached hydrogens (primary N) is 1. The molecule has 0 bridgehead atoms. The van der Waals surface area contributed by atoms with Crippen LogP contribution in [0.4, 0.5) is 20.5 Å². The maximum absolute atomic E-state index is 16.3. The number of aliphatic hydroxyl groups excluding tert-OH is 1. The SMILES string of the molecule is CCN(C)c1nc(N)nc2c1ncn2[C@@H]1O[C@](F)(COP(=O)(N[C@@H](C)C(=O)OC(C)C)Oc2ccccc2)[C@@H](O)[C@@]1(C)F. The van der Waals surface area contributed by atoms with Crippen molar-refractivity contribution in [2.45, 2.75) is 70.6 Å². The number of aromatic nitrogens is 4. The molecule has 1 saturated heterocycles. The first-order chi connectivity index (χ1) is 20.1. The molecule has 1 aliphatic rings. The molecule has 3 heterocycles. The maximum Gasteiger partial charge on any atom is 0.459 e. The van der Waals surface area contributed by atoms with E-state index < -0.39 is 56.3 Å². The van der Waals surface area contributed by atoms with Crippen molar-refractivity contribution in [3.8, 4) is 5.75 Å². The van der Waals surface area contributed by atoms with E-state index in [1.807, 2.05) is 6.92 Å². The van der Waals surface area contributed by atoms with Gasteiger partial charge in [0, 0.05) is 13.6 Å². The predicted octanol–water partition coefficient (Wildman–Crippen LogP) is 3.28. The molecule has 0 spiro atoms. The van der Waals surface area contributed by atoms with Gasteiger partial charge in [0.2, 0.25) is 5.95 Å². The number of fused-ring (bicyclic) bond motifs is 1. The lowest BCUT2D eigenvalue weighted by Crippen LogP contribution is -2.47. The number of carbonyl (C=O) groups excluding carboxylic acids is 1. The number of halogens is 2. The van der Waals surface area contributed by atoms with Gasteiger partial charge in [0.05, 0.1) is 12.4 Å². The number of imidazole rings is 1. The third kappa shape index (κ3) is 6.73. The zero-order chi connectivity index (χ0) is 31.7. The average Bonchev–Trinajstić information content (AvgIpc) is 3.43. The highest BCUT2D eigenvalue weighted by Gasteiger charge is 2.65. The number of rotatable bonds is 12. The minimum Gasteiger partial charge on any atom is -0.462 e. The first kappa shape index (κ1) is 32.5. The Morgan fingerprint density at radius 1 is 1.28 bits per heavy atom. The molecule has 0 amide bonds. The summed E-state index contributed by atoms with van der Waals surface area (Å²) in [5.41, 5.74) is 3.39.